The van der Waals surface area contributed by atoms with Crippen molar-refractivity contribution in [2.75, 3.05) is 18.8 Å². The Bertz CT molecular complexity index is 883. The Hall–Kier alpha value is -2.75. The predicted molar refractivity (Wildman–Crippen MR) is 90.1 cm³/mol. The van der Waals surface area contributed by atoms with Crippen LogP contribution in [0.15, 0.2) is 22.9 Å². The molecule has 3 aliphatic heterocycles. The molecule has 9 nitrogen and oxygen atoms in total. The number of alkyl halides is 6. The molecule has 0 radical (unpaired) electrons. The molecule has 0 aliphatic carbocycles. The number of hydrogen-bond acceptors (Lipinski definition) is 6. The number of halogens is 6. The molecule has 0 aromatic heterocycles. The lowest BCUT2D eigenvalue weighted by atomic mass is 9.99. The summed E-state index contributed by atoms with van der Waals surface area (Å²) in [6.07, 6.45) is -8.31. The van der Waals surface area contributed by atoms with Crippen LogP contribution >= 0.6 is 11.8 Å². The van der Waals surface area contributed by atoms with Crippen molar-refractivity contribution in [1.82, 2.24) is 9.80 Å². The molecule has 3 heterocycles. The van der Waals surface area contributed by atoms with E-state index in [0.29, 0.717) is 4.90 Å². The average molecular weight is 477 g/mol. The second-order valence-corrected chi connectivity index (χ2v) is 7.47. The van der Waals surface area contributed by atoms with Gasteiger partial charge >= 0.3 is 24.3 Å². The van der Waals surface area contributed by atoms with E-state index in [4.69, 9.17) is 15.6 Å². The van der Waals surface area contributed by atoms with Crippen molar-refractivity contribution in [3.63, 3.8) is 0 Å². The molecular formula is C15H13F6N3O6S. The number of allylic oxidation sites excluding steroid dienone is 1. The summed E-state index contributed by atoms with van der Waals surface area (Å²) < 4.78 is 68.6. The fourth-order valence-corrected chi connectivity index (χ4v) is 4.02. The molecule has 2 atom stereocenters. The molecular weight excluding hydrogens is 464 g/mol. The molecule has 0 aromatic carbocycles. The normalized spacial score (nSPS) is 24.8. The number of carboxylic acid groups (broad SMARTS) is 2. The second kappa shape index (κ2) is 8.41. The van der Waals surface area contributed by atoms with Gasteiger partial charge in [0.2, 0.25) is 5.91 Å². The predicted octanol–water partition coefficient (Wildman–Crippen LogP) is 0.532. The fraction of sp³-hybridized carbons (Fsp3) is 0.467. The lowest BCUT2D eigenvalue weighted by Gasteiger charge is -2.47. The molecule has 3 aliphatic rings. The molecule has 31 heavy (non-hydrogen) atoms. The summed E-state index contributed by atoms with van der Waals surface area (Å²) in [7, 11) is 0. The van der Waals surface area contributed by atoms with Crippen LogP contribution in [0.4, 0.5) is 26.3 Å². The van der Waals surface area contributed by atoms with Gasteiger partial charge in [0.15, 0.2) is 0 Å². The third-order valence-corrected chi connectivity index (χ3v) is 5.45. The minimum atomic E-state index is -5.08. The van der Waals surface area contributed by atoms with Crippen molar-refractivity contribution in [2.24, 2.45) is 5.73 Å². The maximum absolute atomic E-state index is 12.3. The monoisotopic (exact) mass is 477 g/mol. The average Bonchev–Trinajstić information content (AvgIpc) is 2.64. The summed E-state index contributed by atoms with van der Waals surface area (Å²) in [4.78, 5) is 45.5. The highest BCUT2D eigenvalue weighted by Crippen LogP contribution is 2.40. The summed E-state index contributed by atoms with van der Waals surface area (Å²) in [5, 5.41) is 16.0. The largest absolute Gasteiger partial charge is 0.490 e. The van der Waals surface area contributed by atoms with Gasteiger partial charge in [-0.1, -0.05) is 0 Å². The van der Waals surface area contributed by atoms with Crippen LogP contribution in [0.1, 0.15) is 0 Å². The lowest BCUT2D eigenvalue weighted by molar-refractivity contribution is -0.192. The Balaban J connectivity index is 0.000000423. The first-order valence-corrected chi connectivity index (χ1v) is 9.13. The first-order valence-electron chi connectivity index (χ1n) is 8.08. The van der Waals surface area contributed by atoms with E-state index >= 15 is 0 Å². The number of fused-ring (bicyclic) bond motifs is 1. The molecule has 0 spiro atoms. The highest BCUT2D eigenvalue weighted by Gasteiger charge is 2.51. The van der Waals surface area contributed by atoms with Crippen molar-refractivity contribution >= 4 is 35.5 Å². The van der Waals surface area contributed by atoms with Crippen molar-refractivity contribution in [3.05, 3.63) is 22.9 Å². The molecule has 16 heteroatoms. The maximum Gasteiger partial charge on any atom is 0.490 e. The molecule has 4 N–H and O–H groups in total. The van der Waals surface area contributed by atoms with Crippen molar-refractivity contribution in [3.8, 4) is 0 Å². The molecule has 0 saturated carbocycles. The van der Waals surface area contributed by atoms with Crippen LogP contribution in [-0.4, -0.2) is 86.4 Å². The van der Waals surface area contributed by atoms with Crippen molar-refractivity contribution < 1.29 is 55.7 Å². The Morgan fingerprint density at radius 1 is 1.16 bits per heavy atom. The van der Waals surface area contributed by atoms with E-state index in [-0.39, 0.29) is 29.1 Å². The van der Waals surface area contributed by atoms with Gasteiger partial charge in [0, 0.05) is 11.3 Å². The molecule has 2 amide bonds. The Morgan fingerprint density at radius 2 is 1.71 bits per heavy atom. The van der Waals surface area contributed by atoms with E-state index in [1.54, 1.807) is 0 Å². The van der Waals surface area contributed by atoms with Crippen LogP contribution < -0.4 is 5.73 Å². The molecule has 0 unspecified atom stereocenters. The number of β-lactam (4-membered cyclic amide) rings is 2. The topological polar surface area (TPSA) is 141 Å². The number of nitrogens with two attached hydrogens (primary N) is 1. The Kier molecular flexibility index (Phi) is 6.65. The number of rotatable bonds is 3. The van der Waals surface area contributed by atoms with Crippen molar-refractivity contribution in [1.29, 1.82) is 0 Å². The Labute approximate surface area is 173 Å². The van der Waals surface area contributed by atoms with Crippen LogP contribution in [0.3, 0.4) is 0 Å². The number of aliphatic carboxylic acids is 2. The minimum absolute atomic E-state index is 0.0873. The minimum Gasteiger partial charge on any atom is -0.477 e. The number of carbonyl (C=O) groups is 4. The van der Waals surface area contributed by atoms with Gasteiger partial charge in [-0.2, -0.15) is 26.3 Å². The quantitative estimate of drug-likeness (QED) is 0.304. The number of carboxylic acids is 2. The van der Waals surface area contributed by atoms with E-state index in [9.17, 15) is 45.8 Å². The van der Waals surface area contributed by atoms with E-state index in [1.807, 2.05) is 0 Å². The maximum atomic E-state index is 12.3. The first-order chi connectivity index (χ1) is 14.0. The van der Waals surface area contributed by atoms with Crippen LogP contribution in [0, 0.1) is 0 Å². The molecule has 2 saturated heterocycles. The smallest absolute Gasteiger partial charge is 0.477 e. The summed E-state index contributed by atoms with van der Waals surface area (Å²) in [6, 6.07) is -0.772. The summed E-state index contributed by atoms with van der Waals surface area (Å²) in [6.45, 7) is -1.55. The standard InChI is InChI=1S/C13H12F3N3O4S.C2HF3O2/c14-13(15,16)4-18-2-5(9(18)20)1-6-3-24-11-7(17)10(21)19(11)8(6)12(22)23;3-2(4,5)1(6)7/h1,7,11H,2-4,17H2,(H,22,23);(H,6,7)/t7-,11-;/m1./s1. The number of carbonyl (C=O) groups excluding carboxylic acids is 2. The van der Waals surface area contributed by atoms with Gasteiger partial charge in [-0.15, -0.1) is 11.8 Å². The number of hydrogen-bond donors (Lipinski definition) is 3. The van der Waals surface area contributed by atoms with Crippen LogP contribution in [0.2, 0.25) is 0 Å². The van der Waals surface area contributed by atoms with Gasteiger partial charge in [0.25, 0.3) is 5.91 Å². The fourth-order valence-electron chi connectivity index (χ4n) is 2.77. The third kappa shape index (κ3) is 5.30. The van der Waals surface area contributed by atoms with Crippen LogP contribution in [0.25, 0.3) is 0 Å². The second-order valence-electron chi connectivity index (χ2n) is 6.36. The third-order valence-electron chi connectivity index (χ3n) is 4.13. The molecule has 3 rings (SSSR count). The lowest BCUT2D eigenvalue weighted by Crippen LogP contribution is -2.68. The summed E-state index contributed by atoms with van der Waals surface area (Å²) >= 11 is 1.25. The zero-order valence-corrected chi connectivity index (χ0v) is 15.8. The number of thioether (sulfide) groups is 1. The van der Waals surface area contributed by atoms with Gasteiger partial charge in [-0.3, -0.25) is 14.5 Å². The van der Waals surface area contributed by atoms with E-state index in [1.165, 1.54) is 17.8 Å². The number of nitrogens with zero attached hydrogens (tertiary/aromatic N) is 2. The number of amides is 2. The van der Waals surface area contributed by atoms with Gasteiger partial charge in [0.1, 0.15) is 23.7 Å². The zero-order chi connectivity index (χ0) is 23.9. The highest BCUT2D eigenvalue weighted by molar-refractivity contribution is 8.00. The van der Waals surface area contributed by atoms with E-state index in [2.05, 4.69) is 0 Å². The molecule has 0 aromatic rings. The van der Waals surface area contributed by atoms with E-state index < -0.39 is 54.1 Å². The summed E-state index contributed by atoms with van der Waals surface area (Å²) in [5.74, 6) is -5.21. The molecule has 172 valence electrons. The van der Waals surface area contributed by atoms with Crippen LogP contribution in [0.5, 0.6) is 0 Å². The molecule has 2 fully saturated rings. The summed E-state index contributed by atoms with van der Waals surface area (Å²) in [5.41, 5.74) is 5.66. The number of likely N-dealkylation sites (tertiary alicyclic amines) is 1. The van der Waals surface area contributed by atoms with Crippen LogP contribution in [-0.2, 0) is 19.2 Å². The Morgan fingerprint density at radius 3 is 2.13 bits per heavy atom. The highest BCUT2D eigenvalue weighted by atomic mass is 32.2. The van der Waals surface area contributed by atoms with Gasteiger partial charge in [0.05, 0.1) is 6.54 Å². The van der Waals surface area contributed by atoms with Gasteiger partial charge in [-0.05, 0) is 11.6 Å². The first kappa shape index (κ1) is 24.5. The van der Waals surface area contributed by atoms with Crippen molar-refractivity contribution in [2.45, 2.75) is 23.8 Å². The van der Waals surface area contributed by atoms with Gasteiger partial charge in [-0.25, -0.2) is 9.59 Å². The SMILES string of the molecule is N[C@@H]1C(=O)N2C(C(=O)O)=C(C=C3CN(CC(F)(F)F)C3=O)CS[C@H]12.O=C(O)C(F)(F)F. The molecule has 0 bridgehead atoms. The van der Waals surface area contributed by atoms with Gasteiger partial charge < -0.3 is 20.8 Å². The zero-order valence-electron chi connectivity index (χ0n) is 15.0. The van der Waals surface area contributed by atoms with E-state index in [0.717, 1.165) is 4.90 Å².